The van der Waals surface area contributed by atoms with Gasteiger partial charge in [0.25, 0.3) is 20.0 Å². The quantitative estimate of drug-likeness (QED) is 0.780. The number of hydrogen-bond donors (Lipinski definition) is 0. The highest BCUT2D eigenvalue weighted by molar-refractivity contribution is 8.06. The van der Waals surface area contributed by atoms with Gasteiger partial charge in [-0.3, -0.25) is 0 Å². The number of nitrogens with zero attached hydrogens (tertiary/aromatic N) is 2. The van der Waals surface area contributed by atoms with Crippen molar-refractivity contribution in [1.29, 1.82) is 0 Å². The van der Waals surface area contributed by atoms with Gasteiger partial charge in [-0.15, -0.1) is 0 Å². The monoisotopic (exact) mass is 332 g/mol. The van der Waals surface area contributed by atoms with Crippen molar-refractivity contribution in [2.75, 3.05) is 26.2 Å². The topological polar surface area (TPSA) is 74.8 Å². The first-order chi connectivity index (χ1) is 9.85. The van der Waals surface area contributed by atoms with Crippen molar-refractivity contribution in [2.45, 2.75) is 30.1 Å². The second-order valence-electron chi connectivity index (χ2n) is 4.83. The van der Waals surface area contributed by atoms with E-state index in [4.69, 9.17) is 0 Å². The van der Waals surface area contributed by atoms with E-state index in [1.54, 1.807) is 0 Å². The lowest BCUT2D eigenvalue weighted by atomic mass is 10.4. The predicted molar refractivity (Wildman–Crippen MR) is 79.9 cm³/mol. The number of sulfonamides is 2. The first kappa shape index (κ1) is 16.4. The Morgan fingerprint density at radius 2 is 1.43 bits per heavy atom. The fourth-order valence-electron chi connectivity index (χ4n) is 2.43. The second kappa shape index (κ2) is 6.04. The first-order valence-corrected chi connectivity index (χ1v) is 9.83. The van der Waals surface area contributed by atoms with Gasteiger partial charge in [0.2, 0.25) is 0 Å². The Bertz CT molecular complexity index is 656. The maximum absolute atomic E-state index is 12.3. The fraction of sp³-hybridized carbons (Fsp3) is 0.538. The van der Waals surface area contributed by atoms with Crippen molar-refractivity contribution in [2.24, 2.45) is 0 Å². The lowest BCUT2D eigenvalue weighted by Crippen LogP contribution is -2.34. The molecule has 1 aliphatic heterocycles. The van der Waals surface area contributed by atoms with Crippen molar-refractivity contribution >= 4 is 20.0 Å². The van der Waals surface area contributed by atoms with E-state index < -0.39 is 20.0 Å². The summed E-state index contributed by atoms with van der Waals surface area (Å²) in [6, 6.07) is 5.75. The van der Waals surface area contributed by atoms with Gasteiger partial charge in [0.15, 0.2) is 0 Å². The van der Waals surface area contributed by atoms with Crippen LogP contribution in [0.2, 0.25) is 0 Å². The van der Waals surface area contributed by atoms with E-state index in [2.05, 4.69) is 4.90 Å². The number of rotatable bonds is 6. The Balaban J connectivity index is 2.23. The fourth-order valence-corrected chi connectivity index (χ4v) is 6.90. The van der Waals surface area contributed by atoms with Crippen LogP contribution in [-0.4, -0.2) is 51.6 Å². The predicted octanol–water partition coefficient (Wildman–Crippen LogP) is 1.11. The molecule has 0 unspecified atom stereocenters. The molecule has 0 spiro atoms. The maximum atomic E-state index is 12.3. The maximum Gasteiger partial charge on any atom is 0.257 e. The molecule has 118 valence electrons. The lowest BCUT2D eigenvalue weighted by molar-refractivity contribution is 0.295. The van der Waals surface area contributed by atoms with Gasteiger partial charge in [0.1, 0.15) is 9.79 Å². The van der Waals surface area contributed by atoms with E-state index in [0.29, 0.717) is 16.7 Å². The summed E-state index contributed by atoms with van der Waals surface area (Å²) in [6.07, 6.45) is 0.480. The molecule has 0 N–H and O–H groups in total. The third kappa shape index (κ3) is 2.85. The molecule has 0 fully saturated rings. The molecule has 0 saturated carbocycles. The van der Waals surface area contributed by atoms with Gasteiger partial charge >= 0.3 is 0 Å². The van der Waals surface area contributed by atoms with Crippen molar-refractivity contribution < 1.29 is 16.8 Å². The van der Waals surface area contributed by atoms with Crippen LogP contribution in [0.25, 0.3) is 0 Å². The summed E-state index contributed by atoms with van der Waals surface area (Å²) in [5, 5.41) is 0. The SMILES string of the molecule is CCN(CC)CCCN1S(=O)(=O)c2ccccc2S1(=O)=O. The van der Waals surface area contributed by atoms with Crippen LogP contribution in [0.5, 0.6) is 0 Å². The highest BCUT2D eigenvalue weighted by Crippen LogP contribution is 2.36. The first-order valence-electron chi connectivity index (χ1n) is 6.95. The summed E-state index contributed by atoms with van der Waals surface area (Å²) in [4.78, 5) is 1.89. The van der Waals surface area contributed by atoms with Crippen molar-refractivity contribution in [3.05, 3.63) is 24.3 Å². The van der Waals surface area contributed by atoms with E-state index >= 15 is 0 Å². The third-order valence-electron chi connectivity index (χ3n) is 3.65. The Kier molecular flexibility index (Phi) is 4.72. The second-order valence-corrected chi connectivity index (χ2v) is 8.73. The van der Waals surface area contributed by atoms with E-state index in [9.17, 15) is 16.8 Å². The molecule has 1 aromatic carbocycles. The number of fused-ring (bicyclic) bond motifs is 1. The molecule has 1 aliphatic rings. The summed E-state index contributed by atoms with van der Waals surface area (Å²) < 4.78 is 50.0. The largest absolute Gasteiger partial charge is 0.304 e. The van der Waals surface area contributed by atoms with Gasteiger partial charge in [0, 0.05) is 6.54 Å². The average Bonchev–Trinajstić information content (AvgIpc) is 2.61. The summed E-state index contributed by atoms with van der Waals surface area (Å²) in [5.74, 6) is 0. The third-order valence-corrected chi connectivity index (χ3v) is 8.22. The molecule has 0 saturated heterocycles. The van der Waals surface area contributed by atoms with Gasteiger partial charge < -0.3 is 4.90 Å². The van der Waals surface area contributed by atoms with Crippen molar-refractivity contribution in [3.63, 3.8) is 0 Å². The van der Waals surface area contributed by atoms with E-state index in [-0.39, 0.29) is 16.3 Å². The van der Waals surface area contributed by atoms with Gasteiger partial charge in [-0.05, 0) is 38.2 Å². The number of hydrogen-bond acceptors (Lipinski definition) is 5. The molecule has 0 bridgehead atoms. The summed E-state index contributed by atoms with van der Waals surface area (Å²) >= 11 is 0. The molecule has 0 radical (unpaired) electrons. The van der Waals surface area contributed by atoms with Crippen molar-refractivity contribution in [1.82, 2.24) is 8.61 Å². The van der Waals surface area contributed by atoms with Crippen LogP contribution in [0.3, 0.4) is 0 Å². The molecule has 0 aliphatic carbocycles. The molecule has 8 heteroatoms. The highest BCUT2D eigenvalue weighted by atomic mass is 32.3. The number of benzene rings is 1. The van der Waals surface area contributed by atoms with E-state index in [1.165, 1.54) is 24.3 Å². The highest BCUT2D eigenvalue weighted by Gasteiger charge is 2.46. The molecule has 0 amide bonds. The van der Waals surface area contributed by atoms with Crippen molar-refractivity contribution in [3.8, 4) is 0 Å². The van der Waals surface area contributed by atoms with Gasteiger partial charge in [-0.2, -0.15) is 0 Å². The molecular weight excluding hydrogens is 312 g/mol. The molecule has 1 heterocycles. The molecule has 21 heavy (non-hydrogen) atoms. The van der Waals surface area contributed by atoms with Gasteiger partial charge in [0.05, 0.1) is 0 Å². The minimum atomic E-state index is -3.94. The van der Waals surface area contributed by atoms with Crippen LogP contribution >= 0.6 is 0 Å². The zero-order valence-electron chi connectivity index (χ0n) is 12.2. The summed E-state index contributed by atoms with van der Waals surface area (Å²) in [6.45, 7) is 6.40. The summed E-state index contributed by atoms with van der Waals surface area (Å²) in [5.41, 5.74) is 0. The van der Waals surface area contributed by atoms with Gasteiger partial charge in [-0.1, -0.05) is 29.7 Å². The normalized spacial score (nSPS) is 19.8. The molecule has 2 rings (SSSR count). The minimum absolute atomic E-state index is 0.0180. The molecule has 1 aromatic rings. The van der Waals surface area contributed by atoms with Crippen LogP contribution in [-0.2, 0) is 20.0 Å². The van der Waals surface area contributed by atoms with E-state index in [0.717, 1.165) is 13.1 Å². The average molecular weight is 332 g/mol. The molecular formula is C13H20N2O4S2. The van der Waals surface area contributed by atoms with Crippen LogP contribution in [0, 0.1) is 0 Å². The lowest BCUT2D eigenvalue weighted by Gasteiger charge is -2.19. The van der Waals surface area contributed by atoms with Crippen LogP contribution < -0.4 is 0 Å². The van der Waals surface area contributed by atoms with E-state index in [1.807, 2.05) is 13.8 Å². The standard InChI is InChI=1S/C13H20N2O4S2/c1-3-14(4-2)10-7-11-15-20(16,17)12-8-5-6-9-13(12)21(15,18)19/h5-6,8-9H,3-4,7,10-11H2,1-2H3. The smallest absolute Gasteiger partial charge is 0.257 e. The van der Waals surface area contributed by atoms with Crippen LogP contribution in [0.4, 0.5) is 0 Å². The Morgan fingerprint density at radius 1 is 0.952 bits per heavy atom. The van der Waals surface area contributed by atoms with Gasteiger partial charge in [-0.25, -0.2) is 16.8 Å². The van der Waals surface area contributed by atoms with Crippen LogP contribution in [0.1, 0.15) is 20.3 Å². The molecule has 0 aromatic heterocycles. The summed E-state index contributed by atoms with van der Waals surface area (Å²) in [7, 11) is -7.88. The Hall–Kier alpha value is -0.960. The molecule has 6 nitrogen and oxygen atoms in total. The Labute approximate surface area is 126 Å². The zero-order chi connectivity index (χ0) is 15.7. The Morgan fingerprint density at radius 3 is 1.86 bits per heavy atom. The zero-order valence-corrected chi connectivity index (χ0v) is 13.8. The van der Waals surface area contributed by atoms with Crippen LogP contribution in [0.15, 0.2) is 34.1 Å². The molecule has 0 atom stereocenters. The minimum Gasteiger partial charge on any atom is -0.304 e.